The van der Waals surface area contributed by atoms with Crippen molar-refractivity contribution in [3.05, 3.63) is 182 Å². The molecule has 0 atom stereocenters. The van der Waals surface area contributed by atoms with Gasteiger partial charge < -0.3 is 8.98 Å². The maximum Gasteiger partial charge on any atom is 0.164 e. The highest BCUT2D eigenvalue weighted by molar-refractivity contribution is 7.26. The van der Waals surface area contributed by atoms with Gasteiger partial charge in [0.05, 0.1) is 16.4 Å². The first-order valence-electron chi connectivity index (χ1n) is 19.0. The molecule has 0 saturated carbocycles. The minimum atomic E-state index is 0.651. The molecule has 0 N–H and O–H groups in total. The summed E-state index contributed by atoms with van der Waals surface area (Å²) < 4.78 is 11.4. The van der Waals surface area contributed by atoms with Gasteiger partial charge in [-0.15, -0.1) is 11.3 Å². The van der Waals surface area contributed by atoms with E-state index in [1.54, 1.807) is 11.3 Å². The fourth-order valence-corrected chi connectivity index (χ4v) is 9.56. The van der Waals surface area contributed by atoms with Gasteiger partial charge >= 0.3 is 0 Å². The predicted octanol–water partition coefficient (Wildman–Crippen LogP) is 13.9. The average Bonchev–Trinajstić information content (AvgIpc) is 3.96. The van der Waals surface area contributed by atoms with Crippen LogP contribution in [0.15, 0.2) is 186 Å². The van der Waals surface area contributed by atoms with Gasteiger partial charge in [-0.25, -0.2) is 15.0 Å². The minimum absolute atomic E-state index is 0.651. The van der Waals surface area contributed by atoms with Gasteiger partial charge in [-0.2, -0.15) is 0 Å². The van der Waals surface area contributed by atoms with Crippen LogP contribution in [0.2, 0.25) is 0 Å². The summed E-state index contributed by atoms with van der Waals surface area (Å²) in [5, 5.41) is 6.85. The smallest absolute Gasteiger partial charge is 0.164 e. The molecule has 0 fully saturated rings. The molecule has 0 spiro atoms. The van der Waals surface area contributed by atoms with Gasteiger partial charge in [0, 0.05) is 58.7 Å². The zero-order valence-electron chi connectivity index (χ0n) is 30.4. The summed E-state index contributed by atoms with van der Waals surface area (Å²) in [5.41, 5.74) is 10.3. The SMILES string of the molecule is c1ccc(-c2nc(-c3ccccc3)nc(-c3cccc4sc5ccc(-c6ccc7c(c6)c6c8oc9ccccc9c8ccc6n7-c6ccccc6)cc5c34)n2)cc1. The van der Waals surface area contributed by atoms with Crippen LogP contribution in [0, 0.1) is 0 Å². The van der Waals surface area contributed by atoms with Crippen molar-refractivity contribution in [3.63, 3.8) is 0 Å². The third kappa shape index (κ3) is 5.04. The molecule has 4 aromatic heterocycles. The van der Waals surface area contributed by atoms with Crippen molar-refractivity contribution in [1.29, 1.82) is 0 Å². The molecule has 8 aromatic carbocycles. The summed E-state index contributed by atoms with van der Waals surface area (Å²) >= 11 is 1.80. The van der Waals surface area contributed by atoms with Crippen LogP contribution < -0.4 is 0 Å². The van der Waals surface area contributed by atoms with Crippen molar-refractivity contribution < 1.29 is 4.42 Å². The van der Waals surface area contributed by atoms with Crippen LogP contribution in [0.25, 0.3) is 115 Å². The minimum Gasteiger partial charge on any atom is -0.455 e. The highest BCUT2D eigenvalue weighted by Crippen LogP contribution is 2.44. The van der Waals surface area contributed by atoms with E-state index in [2.05, 4.69) is 120 Å². The maximum atomic E-state index is 6.66. The number of aromatic nitrogens is 4. The van der Waals surface area contributed by atoms with Gasteiger partial charge in [-0.3, -0.25) is 0 Å². The molecule has 0 saturated heterocycles. The summed E-state index contributed by atoms with van der Waals surface area (Å²) in [4.78, 5) is 15.2. The third-order valence-corrected chi connectivity index (χ3v) is 12.2. The zero-order chi connectivity index (χ0) is 37.5. The first-order valence-corrected chi connectivity index (χ1v) is 19.8. The Bertz CT molecular complexity index is 3460. The third-order valence-electron chi connectivity index (χ3n) is 11.1. The molecule has 0 aliphatic rings. The second-order valence-electron chi connectivity index (χ2n) is 14.4. The number of rotatable bonds is 5. The standard InChI is InChI=1S/C51H30N4OS/c1-4-13-31(14-5-1)49-52-50(32-15-6-2-7-16-32)54-51(53-49)38-20-12-22-45-46(38)40-30-34(24-28-44(40)57-45)33-23-26-41-39(29-33)47-42(55(41)35-17-8-3-9-18-35)27-25-37-36-19-10-11-21-43(36)56-48(37)47/h1-30H. The fraction of sp³-hybridized carbons (Fsp3) is 0. The van der Waals surface area contributed by atoms with Crippen LogP contribution in [0.3, 0.4) is 0 Å². The summed E-state index contributed by atoms with van der Waals surface area (Å²) in [6, 6.07) is 63.8. The number of hydrogen-bond acceptors (Lipinski definition) is 5. The number of benzene rings is 8. The van der Waals surface area contributed by atoms with Gasteiger partial charge in [-0.05, 0) is 71.8 Å². The summed E-state index contributed by atoms with van der Waals surface area (Å²) in [7, 11) is 0. The lowest BCUT2D eigenvalue weighted by molar-refractivity contribution is 0.673. The van der Waals surface area contributed by atoms with Crippen molar-refractivity contribution in [2.45, 2.75) is 0 Å². The lowest BCUT2D eigenvalue weighted by Crippen LogP contribution is -2.00. The Balaban J connectivity index is 1.08. The summed E-state index contributed by atoms with van der Waals surface area (Å²) in [6.07, 6.45) is 0. The van der Waals surface area contributed by atoms with E-state index in [0.717, 1.165) is 82.6 Å². The molecule has 0 bridgehead atoms. The molecule has 12 rings (SSSR count). The summed E-state index contributed by atoms with van der Waals surface area (Å²) in [5.74, 6) is 1.96. The molecule has 57 heavy (non-hydrogen) atoms. The van der Waals surface area contributed by atoms with Gasteiger partial charge in [0.1, 0.15) is 11.2 Å². The molecule has 6 heteroatoms. The van der Waals surface area contributed by atoms with E-state index in [0.29, 0.717) is 17.5 Å². The van der Waals surface area contributed by atoms with Crippen LogP contribution in [0.4, 0.5) is 0 Å². The number of hydrogen-bond donors (Lipinski definition) is 0. The Morgan fingerprint density at radius 3 is 1.79 bits per heavy atom. The highest BCUT2D eigenvalue weighted by atomic mass is 32.1. The van der Waals surface area contributed by atoms with E-state index >= 15 is 0 Å². The average molecular weight is 747 g/mol. The first-order chi connectivity index (χ1) is 28.2. The van der Waals surface area contributed by atoms with E-state index in [9.17, 15) is 0 Å². The lowest BCUT2D eigenvalue weighted by atomic mass is 9.99. The molecule has 4 heterocycles. The van der Waals surface area contributed by atoms with Gasteiger partial charge in [0.15, 0.2) is 17.5 Å². The van der Waals surface area contributed by atoms with Crippen molar-refractivity contribution in [3.8, 4) is 51.0 Å². The topological polar surface area (TPSA) is 56.7 Å². The molecule has 0 amide bonds. The molecule has 5 nitrogen and oxygen atoms in total. The number of thiophene rings is 1. The number of para-hydroxylation sites is 2. The molecule has 0 unspecified atom stereocenters. The van der Waals surface area contributed by atoms with Crippen LogP contribution >= 0.6 is 11.3 Å². The Hall–Kier alpha value is -7.41. The van der Waals surface area contributed by atoms with E-state index < -0.39 is 0 Å². The predicted molar refractivity (Wildman–Crippen MR) is 236 cm³/mol. The summed E-state index contributed by atoms with van der Waals surface area (Å²) in [6.45, 7) is 0. The van der Waals surface area contributed by atoms with Crippen LogP contribution in [-0.4, -0.2) is 19.5 Å². The van der Waals surface area contributed by atoms with E-state index in [-0.39, 0.29) is 0 Å². The molecule has 0 aliphatic heterocycles. The van der Waals surface area contributed by atoms with E-state index in [1.807, 2.05) is 66.7 Å². The molecule has 12 aromatic rings. The number of nitrogens with zero attached hydrogens (tertiary/aromatic N) is 4. The van der Waals surface area contributed by atoms with Crippen LogP contribution in [-0.2, 0) is 0 Å². The Morgan fingerprint density at radius 1 is 0.404 bits per heavy atom. The molecule has 0 radical (unpaired) electrons. The van der Waals surface area contributed by atoms with E-state index in [1.165, 1.54) is 14.8 Å². The van der Waals surface area contributed by atoms with Gasteiger partial charge in [0.2, 0.25) is 0 Å². The molecule has 0 aliphatic carbocycles. The monoisotopic (exact) mass is 746 g/mol. The quantitative estimate of drug-likeness (QED) is 0.176. The van der Waals surface area contributed by atoms with Crippen molar-refractivity contribution in [2.75, 3.05) is 0 Å². The fourth-order valence-electron chi connectivity index (χ4n) is 8.44. The van der Waals surface area contributed by atoms with Crippen molar-refractivity contribution >= 4 is 75.3 Å². The normalized spacial score (nSPS) is 11.9. The Morgan fingerprint density at radius 2 is 1.04 bits per heavy atom. The van der Waals surface area contributed by atoms with Crippen LogP contribution in [0.1, 0.15) is 0 Å². The van der Waals surface area contributed by atoms with Gasteiger partial charge in [0.25, 0.3) is 0 Å². The Labute approximate surface area is 330 Å². The Kier molecular flexibility index (Phi) is 7.03. The number of furan rings is 1. The highest BCUT2D eigenvalue weighted by Gasteiger charge is 2.21. The van der Waals surface area contributed by atoms with E-state index in [4.69, 9.17) is 19.4 Å². The first kappa shape index (κ1) is 31.9. The second kappa shape index (κ2) is 12.6. The molecular weight excluding hydrogens is 717 g/mol. The molecular formula is C51H30N4OS. The maximum absolute atomic E-state index is 6.66. The van der Waals surface area contributed by atoms with Crippen molar-refractivity contribution in [2.24, 2.45) is 0 Å². The largest absolute Gasteiger partial charge is 0.455 e. The second-order valence-corrected chi connectivity index (χ2v) is 15.5. The number of fused-ring (bicyclic) bond motifs is 10. The molecule has 266 valence electrons. The zero-order valence-corrected chi connectivity index (χ0v) is 31.2. The van der Waals surface area contributed by atoms with Gasteiger partial charge in [-0.1, -0.05) is 121 Å². The van der Waals surface area contributed by atoms with Crippen molar-refractivity contribution in [1.82, 2.24) is 19.5 Å². The lowest BCUT2D eigenvalue weighted by Gasteiger charge is -2.10. The van der Waals surface area contributed by atoms with Crippen LogP contribution in [0.5, 0.6) is 0 Å².